The zero-order chi connectivity index (χ0) is 10.7. The van der Waals surface area contributed by atoms with Gasteiger partial charge < -0.3 is 0 Å². The van der Waals surface area contributed by atoms with Crippen LogP contribution >= 0.6 is 0 Å². The van der Waals surface area contributed by atoms with Gasteiger partial charge in [0.25, 0.3) is 0 Å². The second kappa shape index (κ2) is 4.60. The van der Waals surface area contributed by atoms with E-state index < -0.39 is 16.1 Å². The molecule has 0 aromatic carbocycles. The van der Waals surface area contributed by atoms with Gasteiger partial charge in [-0.05, 0) is 5.54 Å². The van der Waals surface area contributed by atoms with Crippen molar-refractivity contribution in [2.75, 3.05) is 0 Å². The van der Waals surface area contributed by atoms with Crippen LogP contribution in [0.1, 0.15) is 13.3 Å². The van der Waals surface area contributed by atoms with Crippen molar-refractivity contribution in [2.24, 2.45) is 0 Å². The molecule has 0 fully saturated rings. The van der Waals surface area contributed by atoms with Crippen molar-refractivity contribution in [3.8, 4) is 0 Å². The first-order valence-corrected chi connectivity index (χ1v) is 12.5. The van der Waals surface area contributed by atoms with Gasteiger partial charge in [0.05, 0.1) is 16.1 Å². The number of rotatable bonds is 4. The zero-order valence-electron chi connectivity index (χ0n) is 10.4. The lowest BCUT2D eigenvalue weighted by Crippen LogP contribution is -2.27. The summed E-state index contributed by atoms with van der Waals surface area (Å²) in [5, 5.41) is 0. The van der Waals surface area contributed by atoms with Crippen LogP contribution in [-0.2, 0) is 0 Å². The predicted molar refractivity (Wildman–Crippen MR) is 69.9 cm³/mol. The zero-order valence-corrected chi connectivity index (χ0v) is 12.4. The quantitative estimate of drug-likeness (QED) is 0.603. The Morgan fingerprint density at radius 1 is 1.00 bits per heavy atom. The Hall–Kier alpha value is 0.174. The molecule has 0 aliphatic carbocycles. The maximum Gasteiger partial charge on any atom is 0.0682 e. The highest BCUT2D eigenvalue weighted by Crippen LogP contribution is 2.27. The van der Waals surface area contributed by atoms with Gasteiger partial charge in [-0.2, -0.15) is 0 Å². The van der Waals surface area contributed by atoms with Crippen molar-refractivity contribution in [1.29, 1.82) is 0 Å². The molecule has 0 saturated carbocycles. The lowest BCUT2D eigenvalue weighted by molar-refractivity contribution is 0.915. The number of allylic oxidation sites excluding steroid dienone is 1. The average Bonchev–Trinajstić information content (AvgIpc) is 1.82. The highest BCUT2D eigenvalue weighted by Gasteiger charge is 2.23. The Balaban J connectivity index is 4.39. The first-order valence-electron chi connectivity index (χ1n) is 5.36. The van der Waals surface area contributed by atoms with E-state index >= 15 is 0 Å². The SMILES string of the molecule is CCC(/C=C\[Si](C)(C)C)[Si](C)(C)C. The molecule has 0 heterocycles. The summed E-state index contributed by atoms with van der Waals surface area (Å²) in [7, 11) is -1.92. The fourth-order valence-electron chi connectivity index (χ4n) is 1.44. The molecule has 13 heavy (non-hydrogen) atoms. The summed E-state index contributed by atoms with van der Waals surface area (Å²) < 4.78 is 0. The highest BCUT2D eigenvalue weighted by atomic mass is 28.3. The summed E-state index contributed by atoms with van der Waals surface area (Å²) in [4.78, 5) is 0. The molecule has 0 radical (unpaired) electrons. The van der Waals surface area contributed by atoms with Gasteiger partial charge in [0.2, 0.25) is 0 Å². The van der Waals surface area contributed by atoms with Gasteiger partial charge >= 0.3 is 0 Å². The standard InChI is InChI=1S/C11H26Si2/c1-8-11(13(5,6)7)9-10-12(2,3)4/h9-11H,8H2,1-7H3/b10-9-. The van der Waals surface area contributed by atoms with Gasteiger partial charge in [-0.25, -0.2) is 0 Å². The molecule has 0 rings (SSSR count). The molecule has 2 heteroatoms. The first-order chi connectivity index (χ1) is 5.67. The Morgan fingerprint density at radius 3 is 1.69 bits per heavy atom. The normalized spacial score (nSPS) is 16.5. The number of hydrogen-bond donors (Lipinski definition) is 0. The van der Waals surface area contributed by atoms with E-state index in [4.69, 9.17) is 0 Å². The van der Waals surface area contributed by atoms with Crippen molar-refractivity contribution >= 4 is 16.1 Å². The van der Waals surface area contributed by atoms with Crippen LogP contribution < -0.4 is 0 Å². The molecule has 1 unspecified atom stereocenters. The van der Waals surface area contributed by atoms with Crippen LogP contribution in [0.15, 0.2) is 11.8 Å². The van der Waals surface area contributed by atoms with Gasteiger partial charge in [0, 0.05) is 0 Å². The smallest absolute Gasteiger partial charge is 0.0682 e. The van der Waals surface area contributed by atoms with E-state index in [9.17, 15) is 0 Å². The summed E-state index contributed by atoms with van der Waals surface area (Å²) in [5.74, 6) is 0. The second-order valence-electron chi connectivity index (χ2n) is 6.11. The van der Waals surface area contributed by atoms with E-state index in [1.54, 1.807) is 0 Å². The van der Waals surface area contributed by atoms with Crippen LogP contribution in [0, 0.1) is 0 Å². The summed E-state index contributed by atoms with van der Waals surface area (Å²) in [6, 6.07) is 0. The lowest BCUT2D eigenvalue weighted by Gasteiger charge is -2.25. The molecule has 0 N–H and O–H groups in total. The maximum absolute atomic E-state index is 2.51. The van der Waals surface area contributed by atoms with Crippen LogP contribution in [0.25, 0.3) is 0 Å². The van der Waals surface area contributed by atoms with Crippen molar-refractivity contribution in [2.45, 2.75) is 58.2 Å². The van der Waals surface area contributed by atoms with E-state index in [1.807, 2.05) is 0 Å². The second-order valence-corrected chi connectivity index (χ2v) is 16.6. The van der Waals surface area contributed by atoms with Crippen molar-refractivity contribution < 1.29 is 0 Å². The molecule has 0 nitrogen and oxygen atoms in total. The Kier molecular flexibility index (Phi) is 4.66. The molecule has 0 aromatic heterocycles. The fraction of sp³-hybridized carbons (Fsp3) is 0.818. The molecule has 0 bridgehead atoms. The minimum atomic E-state index is -0.973. The molecule has 0 amide bonds. The first kappa shape index (κ1) is 13.2. The third-order valence-corrected chi connectivity index (χ3v) is 6.40. The van der Waals surface area contributed by atoms with E-state index in [2.05, 4.69) is 58.0 Å². The summed E-state index contributed by atoms with van der Waals surface area (Å²) in [6.45, 7) is 16.9. The summed E-state index contributed by atoms with van der Waals surface area (Å²) in [5.41, 5.74) is 3.39. The van der Waals surface area contributed by atoms with Crippen LogP contribution in [0.4, 0.5) is 0 Å². The van der Waals surface area contributed by atoms with Crippen molar-refractivity contribution in [3.63, 3.8) is 0 Å². The van der Waals surface area contributed by atoms with Gasteiger partial charge in [0.1, 0.15) is 0 Å². The van der Waals surface area contributed by atoms with Crippen molar-refractivity contribution in [3.05, 3.63) is 11.8 Å². The molecule has 0 spiro atoms. The van der Waals surface area contributed by atoms with Gasteiger partial charge in [0.15, 0.2) is 0 Å². The van der Waals surface area contributed by atoms with Gasteiger partial charge in [-0.15, -0.1) is 0 Å². The lowest BCUT2D eigenvalue weighted by atomic mass is 10.3. The van der Waals surface area contributed by atoms with Crippen LogP contribution in [0.2, 0.25) is 44.8 Å². The molecule has 0 aromatic rings. The Bertz CT molecular complexity index is 170. The molecule has 0 saturated heterocycles. The average molecular weight is 215 g/mol. The number of hydrogen-bond acceptors (Lipinski definition) is 0. The predicted octanol–water partition coefficient (Wildman–Crippen LogP) is 4.54. The topological polar surface area (TPSA) is 0 Å². The van der Waals surface area contributed by atoms with Crippen LogP contribution in [0.3, 0.4) is 0 Å². The van der Waals surface area contributed by atoms with Gasteiger partial charge in [-0.3, -0.25) is 0 Å². The van der Waals surface area contributed by atoms with E-state index in [0.29, 0.717) is 0 Å². The fourth-order valence-corrected chi connectivity index (χ4v) is 4.34. The Labute approximate surface area is 86.5 Å². The third kappa shape index (κ3) is 6.27. The largest absolute Gasteiger partial charge is 0.0989 e. The van der Waals surface area contributed by atoms with E-state index in [1.165, 1.54) is 6.42 Å². The monoisotopic (exact) mass is 214 g/mol. The third-order valence-electron chi connectivity index (χ3n) is 2.38. The molecule has 0 aliphatic heterocycles. The van der Waals surface area contributed by atoms with Crippen LogP contribution in [0.5, 0.6) is 0 Å². The molecular weight excluding hydrogens is 188 g/mol. The summed E-state index contributed by atoms with van der Waals surface area (Å²) in [6.07, 6.45) is 3.83. The Morgan fingerprint density at radius 2 is 1.46 bits per heavy atom. The maximum atomic E-state index is 2.51. The molecule has 0 aliphatic rings. The molecule has 78 valence electrons. The highest BCUT2D eigenvalue weighted by molar-refractivity contribution is 6.81. The van der Waals surface area contributed by atoms with Crippen LogP contribution in [-0.4, -0.2) is 16.1 Å². The molecule has 1 atom stereocenters. The van der Waals surface area contributed by atoms with E-state index in [-0.39, 0.29) is 0 Å². The minimum absolute atomic E-state index is 0.874. The van der Waals surface area contributed by atoms with Gasteiger partial charge in [-0.1, -0.05) is 64.4 Å². The molecular formula is C11H26Si2. The minimum Gasteiger partial charge on any atom is -0.0989 e. The summed E-state index contributed by atoms with van der Waals surface area (Å²) >= 11 is 0. The van der Waals surface area contributed by atoms with E-state index in [0.717, 1.165) is 5.54 Å². The van der Waals surface area contributed by atoms with Crippen molar-refractivity contribution in [1.82, 2.24) is 0 Å².